The van der Waals surface area contributed by atoms with Crippen molar-refractivity contribution < 1.29 is 0 Å². The van der Waals surface area contributed by atoms with Crippen LogP contribution in [0.1, 0.15) is 35.6 Å². The summed E-state index contributed by atoms with van der Waals surface area (Å²) >= 11 is 0. The third-order valence-corrected chi connectivity index (χ3v) is 3.11. The van der Waals surface area contributed by atoms with Gasteiger partial charge < -0.3 is 5.32 Å². The first-order valence-electron chi connectivity index (χ1n) is 5.41. The molecule has 0 aromatic carbocycles. The van der Waals surface area contributed by atoms with Crippen LogP contribution in [0.2, 0.25) is 0 Å². The largest absolute Gasteiger partial charge is 0.316 e. The van der Waals surface area contributed by atoms with E-state index >= 15 is 0 Å². The molecule has 14 heavy (non-hydrogen) atoms. The molecule has 1 saturated heterocycles. The van der Waals surface area contributed by atoms with Crippen LogP contribution in [0, 0.1) is 13.8 Å². The third-order valence-electron chi connectivity index (χ3n) is 3.11. The van der Waals surface area contributed by atoms with Gasteiger partial charge in [-0.25, -0.2) is 0 Å². The van der Waals surface area contributed by atoms with E-state index in [1.165, 1.54) is 36.2 Å². The van der Waals surface area contributed by atoms with Crippen LogP contribution in [0.25, 0.3) is 0 Å². The molecule has 1 aromatic heterocycles. The molecule has 0 amide bonds. The minimum Gasteiger partial charge on any atom is -0.316 e. The number of pyridine rings is 1. The van der Waals surface area contributed by atoms with Crippen molar-refractivity contribution in [2.24, 2.45) is 0 Å². The molecule has 0 saturated carbocycles. The van der Waals surface area contributed by atoms with Gasteiger partial charge in [-0.15, -0.1) is 0 Å². The summed E-state index contributed by atoms with van der Waals surface area (Å²) in [5.41, 5.74) is 3.92. The standard InChI is InChI=1S/C12H18N2/c1-9-6-12(14-7-10(9)2)11-4-3-5-13-8-11/h6-7,11,13H,3-5,8H2,1-2H3. The Kier molecular flexibility index (Phi) is 2.82. The van der Waals surface area contributed by atoms with Crippen LogP contribution in [0.3, 0.4) is 0 Å². The number of rotatable bonds is 1. The monoisotopic (exact) mass is 190 g/mol. The Hall–Kier alpha value is -0.890. The predicted octanol–water partition coefficient (Wildman–Crippen LogP) is 2.17. The SMILES string of the molecule is Cc1cnc(C2CCCNC2)cc1C. The second-order valence-electron chi connectivity index (χ2n) is 4.24. The Morgan fingerprint density at radius 2 is 2.21 bits per heavy atom. The summed E-state index contributed by atoms with van der Waals surface area (Å²) in [6.45, 7) is 6.54. The molecule has 0 aliphatic carbocycles. The van der Waals surface area contributed by atoms with Gasteiger partial charge in [-0.2, -0.15) is 0 Å². The Balaban J connectivity index is 2.18. The normalized spacial score (nSPS) is 22.3. The van der Waals surface area contributed by atoms with Gasteiger partial charge in [0.2, 0.25) is 0 Å². The molecule has 1 aliphatic rings. The molecule has 0 spiro atoms. The Morgan fingerprint density at radius 1 is 1.36 bits per heavy atom. The Morgan fingerprint density at radius 3 is 2.86 bits per heavy atom. The fraction of sp³-hybridized carbons (Fsp3) is 0.583. The molecule has 1 N–H and O–H groups in total. The van der Waals surface area contributed by atoms with Gasteiger partial charge in [0.1, 0.15) is 0 Å². The highest BCUT2D eigenvalue weighted by Gasteiger charge is 2.16. The first-order valence-corrected chi connectivity index (χ1v) is 5.41. The van der Waals surface area contributed by atoms with Crippen LogP contribution < -0.4 is 5.32 Å². The summed E-state index contributed by atoms with van der Waals surface area (Å²) in [6.07, 6.45) is 4.56. The highest BCUT2D eigenvalue weighted by atomic mass is 14.9. The maximum atomic E-state index is 4.52. The van der Waals surface area contributed by atoms with Gasteiger partial charge in [0.15, 0.2) is 0 Å². The van der Waals surface area contributed by atoms with Crippen LogP contribution in [-0.4, -0.2) is 18.1 Å². The molecule has 1 atom stereocenters. The lowest BCUT2D eigenvalue weighted by atomic mass is 9.94. The summed E-state index contributed by atoms with van der Waals surface area (Å²) in [4.78, 5) is 4.52. The van der Waals surface area contributed by atoms with Crippen molar-refractivity contribution >= 4 is 0 Å². The number of piperidine rings is 1. The van der Waals surface area contributed by atoms with Crippen molar-refractivity contribution in [1.29, 1.82) is 0 Å². The van der Waals surface area contributed by atoms with Gasteiger partial charge in [0.25, 0.3) is 0 Å². The van der Waals surface area contributed by atoms with Gasteiger partial charge in [-0.1, -0.05) is 0 Å². The van der Waals surface area contributed by atoms with Crippen molar-refractivity contribution in [3.63, 3.8) is 0 Å². The van der Waals surface area contributed by atoms with Crippen LogP contribution in [0.4, 0.5) is 0 Å². The highest BCUT2D eigenvalue weighted by Crippen LogP contribution is 2.22. The first kappa shape index (κ1) is 9.66. The molecule has 0 bridgehead atoms. The molecule has 1 fully saturated rings. The van der Waals surface area contributed by atoms with Crippen LogP contribution in [0.5, 0.6) is 0 Å². The summed E-state index contributed by atoms with van der Waals surface area (Å²) in [5.74, 6) is 0.628. The summed E-state index contributed by atoms with van der Waals surface area (Å²) in [6, 6.07) is 2.24. The lowest BCUT2D eigenvalue weighted by Crippen LogP contribution is -2.28. The van der Waals surface area contributed by atoms with Crippen molar-refractivity contribution in [3.05, 3.63) is 29.1 Å². The van der Waals surface area contributed by atoms with Crippen molar-refractivity contribution in [2.45, 2.75) is 32.6 Å². The fourth-order valence-electron chi connectivity index (χ4n) is 1.97. The number of hydrogen-bond acceptors (Lipinski definition) is 2. The zero-order chi connectivity index (χ0) is 9.97. The van der Waals surface area contributed by atoms with Crippen molar-refractivity contribution in [1.82, 2.24) is 10.3 Å². The van der Waals surface area contributed by atoms with E-state index in [-0.39, 0.29) is 0 Å². The molecule has 2 heteroatoms. The van der Waals surface area contributed by atoms with E-state index < -0.39 is 0 Å². The maximum absolute atomic E-state index is 4.52. The smallest absolute Gasteiger partial charge is 0.0450 e. The van der Waals surface area contributed by atoms with E-state index in [1.54, 1.807) is 0 Å². The van der Waals surface area contributed by atoms with Crippen molar-refractivity contribution in [3.8, 4) is 0 Å². The van der Waals surface area contributed by atoms with Crippen molar-refractivity contribution in [2.75, 3.05) is 13.1 Å². The minimum absolute atomic E-state index is 0.628. The van der Waals surface area contributed by atoms with E-state index in [9.17, 15) is 0 Å². The molecular formula is C12H18N2. The molecule has 1 aliphatic heterocycles. The molecule has 0 radical (unpaired) electrons. The molecule has 2 nitrogen and oxygen atoms in total. The lowest BCUT2D eigenvalue weighted by molar-refractivity contribution is 0.454. The van der Waals surface area contributed by atoms with E-state index in [1.807, 2.05) is 6.20 Å². The summed E-state index contributed by atoms with van der Waals surface area (Å²) in [5, 5.41) is 3.43. The maximum Gasteiger partial charge on any atom is 0.0450 e. The van der Waals surface area contributed by atoms with E-state index in [4.69, 9.17) is 0 Å². The fourth-order valence-corrected chi connectivity index (χ4v) is 1.97. The molecule has 2 heterocycles. The summed E-state index contributed by atoms with van der Waals surface area (Å²) in [7, 11) is 0. The zero-order valence-electron chi connectivity index (χ0n) is 9.01. The second kappa shape index (κ2) is 4.09. The molecule has 1 unspecified atom stereocenters. The van der Waals surface area contributed by atoms with Gasteiger partial charge in [0, 0.05) is 24.4 Å². The highest BCUT2D eigenvalue weighted by molar-refractivity contribution is 5.25. The first-order chi connectivity index (χ1) is 6.77. The Bertz CT molecular complexity index is 314. The topological polar surface area (TPSA) is 24.9 Å². The van der Waals surface area contributed by atoms with E-state index in [0.717, 1.165) is 6.54 Å². The van der Waals surface area contributed by atoms with Gasteiger partial charge in [0.05, 0.1) is 0 Å². The van der Waals surface area contributed by atoms with Gasteiger partial charge >= 0.3 is 0 Å². The average molecular weight is 190 g/mol. The molecule has 1 aromatic rings. The van der Waals surface area contributed by atoms with Crippen LogP contribution in [-0.2, 0) is 0 Å². The number of aryl methyl sites for hydroxylation is 2. The van der Waals surface area contributed by atoms with Gasteiger partial charge in [-0.3, -0.25) is 4.98 Å². The van der Waals surface area contributed by atoms with Crippen LogP contribution >= 0.6 is 0 Å². The number of hydrogen-bond donors (Lipinski definition) is 1. The molecular weight excluding hydrogens is 172 g/mol. The summed E-state index contributed by atoms with van der Waals surface area (Å²) < 4.78 is 0. The number of nitrogens with one attached hydrogen (secondary N) is 1. The quantitative estimate of drug-likeness (QED) is 0.734. The molecule has 2 rings (SSSR count). The molecule has 76 valence electrons. The zero-order valence-corrected chi connectivity index (χ0v) is 9.01. The van der Waals surface area contributed by atoms with Crippen LogP contribution in [0.15, 0.2) is 12.3 Å². The Labute approximate surface area is 85.7 Å². The lowest BCUT2D eigenvalue weighted by Gasteiger charge is -2.22. The minimum atomic E-state index is 0.628. The third kappa shape index (κ3) is 1.95. The van der Waals surface area contributed by atoms with E-state index in [0.29, 0.717) is 5.92 Å². The number of nitrogens with zero attached hydrogens (tertiary/aromatic N) is 1. The average Bonchev–Trinajstić information content (AvgIpc) is 2.23. The number of aromatic nitrogens is 1. The predicted molar refractivity (Wildman–Crippen MR) is 58.6 cm³/mol. The van der Waals surface area contributed by atoms with Gasteiger partial charge in [-0.05, 0) is 50.4 Å². The second-order valence-corrected chi connectivity index (χ2v) is 4.24. The van der Waals surface area contributed by atoms with E-state index in [2.05, 4.69) is 30.2 Å².